The summed E-state index contributed by atoms with van der Waals surface area (Å²) in [5, 5.41) is 1.33. The van der Waals surface area contributed by atoms with Crippen LogP contribution in [0.4, 0.5) is 10.1 Å². The highest BCUT2D eigenvalue weighted by Gasteiger charge is 2.47. The standard InChI is InChI=1S/C18H16ClFN2O2S2/c19-13-7-5-12(6-8-13)9-25-18-21-15-10-26(23,24)11-17(15)22(18)16-4-2-1-3-14(16)20/h1-8,15,17H,9-11H2. The second-order valence-electron chi connectivity index (χ2n) is 6.36. The molecule has 0 aromatic heterocycles. The monoisotopic (exact) mass is 410 g/mol. The van der Waals surface area contributed by atoms with Gasteiger partial charge in [0, 0.05) is 10.8 Å². The number of amidine groups is 1. The molecule has 4 rings (SSSR count). The van der Waals surface area contributed by atoms with Gasteiger partial charge in [-0.25, -0.2) is 12.8 Å². The van der Waals surface area contributed by atoms with E-state index < -0.39 is 9.84 Å². The molecule has 0 amide bonds. The zero-order chi connectivity index (χ0) is 18.3. The topological polar surface area (TPSA) is 49.7 Å². The minimum atomic E-state index is -3.15. The summed E-state index contributed by atoms with van der Waals surface area (Å²) in [6.07, 6.45) is 0. The number of thioether (sulfide) groups is 1. The van der Waals surface area contributed by atoms with Crippen LogP contribution < -0.4 is 4.90 Å². The Morgan fingerprint density at radius 2 is 1.88 bits per heavy atom. The molecular weight excluding hydrogens is 395 g/mol. The van der Waals surface area contributed by atoms with Crippen LogP contribution in [-0.4, -0.2) is 37.2 Å². The first-order valence-corrected chi connectivity index (χ1v) is 11.3. The quantitative estimate of drug-likeness (QED) is 0.773. The number of hydrogen-bond acceptors (Lipinski definition) is 5. The first-order chi connectivity index (χ1) is 12.4. The van der Waals surface area contributed by atoms with Crippen LogP contribution in [0.3, 0.4) is 0 Å². The normalized spacial score (nSPS) is 23.8. The van der Waals surface area contributed by atoms with E-state index in [2.05, 4.69) is 4.99 Å². The third-order valence-corrected chi connectivity index (χ3v) is 7.49. The van der Waals surface area contributed by atoms with Gasteiger partial charge in [-0.3, -0.25) is 4.99 Å². The van der Waals surface area contributed by atoms with E-state index in [-0.39, 0.29) is 29.4 Å². The molecule has 4 nitrogen and oxygen atoms in total. The maximum Gasteiger partial charge on any atom is 0.164 e. The van der Waals surface area contributed by atoms with Crippen LogP contribution in [0.25, 0.3) is 0 Å². The molecule has 0 spiro atoms. The highest BCUT2D eigenvalue weighted by atomic mass is 35.5. The van der Waals surface area contributed by atoms with Crippen molar-refractivity contribution < 1.29 is 12.8 Å². The lowest BCUT2D eigenvalue weighted by molar-refractivity contribution is 0.600. The largest absolute Gasteiger partial charge is 0.312 e. The van der Waals surface area contributed by atoms with E-state index >= 15 is 0 Å². The Morgan fingerprint density at radius 1 is 1.15 bits per heavy atom. The molecule has 0 saturated carbocycles. The molecule has 2 aromatic carbocycles. The van der Waals surface area contributed by atoms with Gasteiger partial charge >= 0.3 is 0 Å². The summed E-state index contributed by atoms with van der Waals surface area (Å²) in [6, 6.07) is 13.2. The van der Waals surface area contributed by atoms with Gasteiger partial charge < -0.3 is 4.90 Å². The van der Waals surface area contributed by atoms with Crippen molar-refractivity contribution in [3.8, 4) is 0 Å². The Hall–Kier alpha value is -1.57. The Labute approximate surface area is 161 Å². The van der Waals surface area contributed by atoms with Crippen LogP contribution in [0.2, 0.25) is 5.02 Å². The first kappa shape index (κ1) is 17.8. The van der Waals surface area contributed by atoms with E-state index in [9.17, 15) is 12.8 Å². The number of anilines is 1. The van der Waals surface area contributed by atoms with Crippen LogP contribution in [0.15, 0.2) is 53.5 Å². The fourth-order valence-electron chi connectivity index (χ4n) is 3.29. The molecular formula is C18H16ClFN2O2S2. The molecule has 2 heterocycles. The first-order valence-electron chi connectivity index (χ1n) is 8.12. The second kappa shape index (κ2) is 6.87. The second-order valence-corrected chi connectivity index (χ2v) is 9.89. The summed E-state index contributed by atoms with van der Waals surface area (Å²) in [7, 11) is -3.15. The van der Waals surface area contributed by atoms with E-state index in [1.807, 2.05) is 24.3 Å². The Kier molecular flexibility index (Phi) is 4.71. The van der Waals surface area contributed by atoms with Crippen molar-refractivity contribution in [2.45, 2.75) is 17.8 Å². The highest BCUT2D eigenvalue weighted by Crippen LogP contribution is 2.36. The molecule has 1 saturated heterocycles. The van der Waals surface area contributed by atoms with E-state index in [0.29, 0.717) is 21.6 Å². The average molecular weight is 411 g/mol. The molecule has 2 unspecified atom stereocenters. The van der Waals surface area contributed by atoms with Gasteiger partial charge in [0.1, 0.15) is 5.82 Å². The van der Waals surface area contributed by atoms with Crippen LogP contribution in [0.5, 0.6) is 0 Å². The van der Waals surface area contributed by atoms with Gasteiger partial charge in [0.2, 0.25) is 0 Å². The summed E-state index contributed by atoms with van der Waals surface area (Å²) in [5.41, 5.74) is 1.44. The lowest BCUT2D eigenvalue weighted by atomic mass is 10.1. The number of benzene rings is 2. The lowest BCUT2D eigenvalue weighted by Crippen LogP contribution is -2.39. The number of fused-ring (bicyclic) bond motifs is 1. The minimum absolute atomic E-state index is 0.000502. The zero-order valence-corrected chi connectivity index (χ0v) is 16.1. The molecule has 136 valence electrons. The fraction of sp³-hybridized carbons (Fsp3) is 0.278. The number of sulfone groups is 1. The number of halogens is 2. The number of para-hydroxylation sites is 1. The van der Waals surface area contributed by atoms with Gasteiger partial charge in [0.15, 0.2) is 15.0 Å². The molecule has 2 aliphatic rings. The SMILES string of the molecule is O=S1(=O)CC2N=C(SCc3ccc(Cl)cc3)N(c3ccccc3F)C2C1. The summed E-state index contributed by atoms with van der Waals surface area (Å²) in [5.74, 6) is 0.290. The predicted octanol–water partition coefficient (Wildman–Crippen LogP) is 3.75. The smallest absolute Gasteiger partial charge is 0.164 e. The Balaban J connectivity index is 1.63. The Morgan fingerprint density at radius 3 is 2.62 bits per heavy atom. The molecule has 0 aliphatic carbocycles. The third-order valence-electron chi connectivity index (χ3n) is 4.50. The summed E-state index contributed by atoms with van der Waals surface area (Å²) < 4.78 is 38.4. The molecule has 26 heavy (non-hydrogen) atoms. The average Bonchev–Trinajstić information content (AvgIpc) is 3.06. The maximum absolute atomic E-state index is 14.4. The van der Waals surface area contributed by atoms with Crippen LogP contribution in [0.1, 0.15) is 5.56 Å². The van der Waals surface area contributed by atoms with Gasteiger partial charge in [-0.2, -0.15) is 0 Å². The molecule has 2 aliphatic heterocycles. The van der Waals surface area contributed by atoms with Crippen molar-refractivity contribution >= 4 is 44.1 Å². The molecule has 0 radical (unpaired) electrons. The summed E-state index contributed by atoms with van der Waals surface area (Å²) >= 11 is 7.40. The molecule has 1 fully saturated rings. The molecule has 0 N–H and O–H groups in total. The van der Waals surface area contributed by atoms with Crippen molar-refractivity contribution in [3.05, 3.63) is 64.9 Å². The highest BCUT2D eigenvalue weighted by molar-refractivity contribution is 8.13. The molecule has 8 heteroatoms. The van der Waals surface area contributed by atoms with Gasteiger partial charge in [-0.15, -0.1) is 0 Å². The van der Waals surface area contributed by atoms with Crippen molar-refractivity contribution in [2.75, 3.05) is 16.4 Å². The number of nitrogens with zero attached hydrogens (tertiary/aromatic N) is 2. The fourth-order valence-corrected chi connectivity index (χ4v) is 6.33. The van der Waals surface area contributed by atoms with Gasteiger partial charge in [-0.05, 0) is 29.8 Å². The van der Waals surface area contributed by atoms with Crippen LogP contribution in [-0.2, 0) is 15.6 Å². The predicted molar refractivity (Wildman–Crippen MR) is 105 cm³/mol. The maximum atomic E-state index is 14.4. The Bertz CT molecular complexity index is 963. The molecule has 0 bridgehead atoms. The minimum Gasteiger partial charge on any atom is -0.312 e. The number of aliphatic imine (C=N–C) groups is 1. The van der Waals surface area contributed by atoms with Crippen molar-refractivity contribution in [1.29, 1.82) is 0 Å². The van der Waals surface area contributed by atoms with Gasteiger partial charge in [-0.1, -0.05) is 47.6 Å². The summed E-state index contributed by atoms with van der Waals surface area (Å²) in [4.78, 5) is 6.37. The van der Waals surface area contributed by atoms with Crippen molar-refractivity contribution in [2.24, 2.45) is 4.99 Å². The van der Waals surface area contributed by atoms with Crippen molar-refractivity contribution in [1.82, 2.24) is 0 Å². The van der Waals surface area contributed by atoms with E-state index in [1.54, 1.807) is 23.1 Å². The van der Waals surface area contributed by atoms with Crippen molar-refractivity contribution in [3.63, 3.8) is 0 Å². The lowest BCUT2D eigenvalue weighted by Gasteiger charge is -2.26. The van der Waals surface area contributed by atoms with E-state index in [1.165, 1.54) is 17.8 Å². The number of rotatable bonds is 3. The summed E-state index contributed by atoms with van der Waals surface area (Å²) in [6.45, 7) is 0. The molecule has 2 atom stereocenters. The third kappa shape index (κ3) is 3.48. The number of hydrogen-bond donors (Lipinski definition) is 0. The van der Waals surface area contributed by atoms with Crippen LogP contribution >= 0.6 is 23.4 Å². The zero-order valence-electron chi connectivity index (χ0n) is 13.7. The van der Waals surface area contributed by atoms with E-state index in [4.69, 9.17) is 11.6 Å². The van der Waals surface area contributed by atoms with Gasteiger partial charge in [0.05, 0.1) is 29.3 Å². The van der Waals surface area contributed by atoms with E-state index in [0.717, 1.165) is 5.56 Å². The molecule has 2 aromatic rings. The van der Waals surface area contributed by atoms with Gasteiger partial charge in [0.25, 0.3) is 0 Å². The van der Waals surface area contributed by atoms with Crippen LogP contribution in [0, 0.1) is 5.82 Å².